The Morgan fingerprint density at radius 2 is 2.31 bits per heavy atom. The molecule has 0 atom stereocenters. The highest BCUT2D eigenvalue weighted by Crippen LogP contribution is 2.15. The molecule has 1 saturated heterocycles. The molecule has 0 bridgehead atoms. The van der Waals surface area contributed by atoms with Crippen LogP contribution in [0.4, 0.5) is 0 Å². The van der Waals surface area contributed by atoms with Gasteiger partial charge in [0, 0.05) is 6.42 Å². The Labute approximate surface area is 94.2 Å². The van der Waals surface area contributed by atoms with Gasteiger partial charge in [0.15, 0.2) is 0 Å². The van der Waals surface area contributed by atoms with Crippen LogP contribution in [-0.4, -0.2) is 34.2 Å². The quantitative estimate of drug-likeness (QED) is 0.660. The lowest BCUT2D eigenvalue weighted by Crippen LogP contribution is -2.32. The summed E-state index contributed by atoms with van der Waals surface area (Å²) in [5, 5.41) is 12.6. The molecule has 0 spiro atoms. The molecule has 1 aromatic rings. The number of carbonyl (C=O) groups excluding carboxylic acids is 1. The van der Waals surface area contributed by atoms with Crippen molar-refractivity contribution in [1.82, 2.24) is 25.8 Å². The lowest BCUT2D eigenvalue weighted by Gasteiger charge is -2.21. The van der Waals surface area contributed by atoms with Crippen LogP contribution < -0.4 is 10.6 Å². The molecule has 6 heteroatoms. The first-order chi connectivity index (χ1) is 7.84. The van der Waals surface area contributed by atoms with Crippen LogP contribution in [0.5, 0.6) is 0 Å². The van der Waals surface area contributed by atoms with E-state index in [1.54, 1.807) is 0 Å². The summed E-state index contributed by atoms with van der Waals surface area (Å²) >= 11 is 0. The molecule has 1 fully saturated rings. The highest BCUT2D eigenvalue weighted by molar-refractivity contribution is 5.76. The van der Waals surface area contributed by atoms with E-state index in [-0.39, 0.29) is 5.91 Å². The molecule has 2 rings (SSSR count). The monoisotopic (exact) mass is 223 g/mol. The number of aromatic amines is 1. The highest BCUT2D eigenvalue weighted by atomic mass is 16.1. The Morgan fingerprint density at radius 3 is 3.00 bits per heavy atom. The van der Waals surface area contributed by atoms with Crippen molar-refractivity contribution in [1.29, 1.82) is 0 Å². The van der Waals surface area contributed by atoms with Crippen LogP contribution in [0.1, 0.15) is 25.1 Å². The number of nitrogens with one attached hydrogen (secondary N) is 3. The second kappa shape index (κ2) is 5.60. The van der Waals surface area contributed by atoms with Gasteiger partial charge in [-0.05, 0) is 31.8 Å². The van der Waals surface area contributed by atoms with Crippen LogP contribution in [-0.2, 0) is 11.3 Å². The van der Waals surface area contributed by atoms with Gasteiger partial charge in [0.05, 0.1) is 6.54 Å². The molecule has 2 heterocycles. The van der Waals surface area contributed by atoms with Gasteiger partial charge in [0.25, 0.3) is 0 Å². The molecule has 1 aromatic heterocycles. The summed E-state index contributed by atoms with van der Waals surface area (Å²) in [7, 11) is 0. The smallest absolute Gasteiger partial charge is 0.220 e. The fraction of sp³-hybridized carbons (Fsp3) is 0.700. The lowest BCUT2D eigenvalue weighted by molar-refractivity contribution is -0.122. The van der Waals surface area contributed by atoms with E-state index in [0.29, 0.717) is 24.7 Å². The molecule has 0 radical (unpaired) electrons. The Kier molecular flexibility index (Phi) is 3.87. The maximum absolute atomic E-state index is 11.6. The van der Waals surface area contributed by atoms with Gasteiger partial charge >= 0.3 is 0 Å². The van der Waals surface area contributed by atoms with Gasteiger partial charge in [-0.1, -0.05) is 0 Å². The zero-order chi connectivity index (χ0) is 11.2. The number of rotatable bonds is 4. The van der Waals surface area contributed by atoms with Crippen molar-refractivity contribution in [2.45, 2.75) is 25.8 Å². The van der Waals surface area contributed by atoms with Crippen molar-refractivity contribution in [3.63, 3.8) is 0 Å². The average Bonchev–Trinajstić information content (AvgIpc) is 2.81. The minimum absolute atomic E-state index is 0.100. The predicted octanol–water partition coefficient (Wildman–Crippen LogP) is -0.189. The minimum atomic E-state index is 0.100. The maximum atomic E-state index is 11.6. The normalized spacial score (nSPS) is 17.2. The van der Waals surface area contributed by atoms with E-state index in [1.807, 2.05) is 0 Å². The first kappa shape index (κ1) is 11.1. The topological polar surface area (TPSA) is 82.7 Å². The number of nitrogens with zero attached hydrogens (tertiary/aromatic N) is 2. The first-order valence-corrected chi connectivity index (χ1v) is 5.66. The summed E-state index contributed by atoms with van der Waals surface area (Å²) in [6, 6.07) is 0. The second-order valence-electron chi connectivity index (χ2n) is 4.11. The van der Waals surface area contributed by atoms with E-state index in [4.69, 9.17) is 0 Å². The third-order valence-electron chi connectivity index (χ3n) is 2.85. The van der Waals surface area contributed by atoms with Crippen LogP contribution in [0.2, 0.25) is 0 Å². The van der Waals surface area contributed by atoms with Gasteiger partial charge in [-0.2, -0.15) is 5.10 Å². The zero-order valence-electron chi connectivity index (χ0n) is 9.20. The Balaban J connectivity index is 1.67. The van der Waals surface area contributed by atoms with Crippen molar-refractivity contribution in [2.24, 2.45) is 5.92 Å². The molecular weight excluding hydrogens is 206 g/mol. The summed E-state index contributed by atoms with van der Waals surface area (Å²) in [6.07, 6.45) is 4.25. The molecule has 16 heavy (non-hydrogen) atoms. The van der Waals surface area contributed by atoms with Gasteiger partial charge in [0.2, 0.25) is 5.91 Å². The number of H-pyrrole nitrogens is 1. The van der Waals surface area contributed by atoms with Crippen molar-refractivity contribution >= 4 is 5.91 Å². The zero-order valence-corrected chi connectivity index (χ0v) is 9.20. The predicted molar refractivity (Wildman–Crippen MR) is 58.4 cm³/mol. The first-order valence-electron chi connectivity index (χ1n) is 5.66. The van der Waals surface area contributed by atoms with Gasteiger partial charge in [0.1, 0.15) is 12.2 Å². The molecule has 0 aromatic carbocycles. The Hall–Kier alpha value is -1.43. The minimum Gasteiger partial charge on any atom is -0.349 e. The summed E-state index contributed by atoms with van der Waals surface area (Å²) in [5.74, 6) is 1.32. The van der Waals surface area contributed by atoms with Crippen molar-refractivity contribution in [3.8, 4) is 0 Å². The Morgan fingerprint density at radius 1 is 1.50 bits per heavy atom. The molecule has 0 aliphatic carbocycles. The molecule has 0 saturated carbocycles. The summed E-state index contributed by atoms with van der Waals surface area (Å²) in [4.78, 5) is 15.6. The molecule has 88 valence electrons. The van der Waals surface area contributed by atoms with Crippen LogP contribution in [0, 0.1) is 5.92 Å². The standard InChI is InChI=1S/C10H17N5O/c16-10(5-8-1-3-11-4-2-8)12-6-9-13-7-14-15-9/h7-8,11H,1-6H2,(H,12,16)(H,13,14,15). The molecular formula is C10H17N5O. The van der Waals surface area contributed by atoms with E-state index < -0.39 is 0 Å². The van der Waals surface area contributed by atoms with Crippen LogP contribution in [0.25, 0.3) is 0 Å². The number of hydrogen-bond donors (Lipinski definition) is 3. The third-order valence-corrected chi connectivity index (χ3v) is 2.85. The van der Waals surface area contributed by atoms with Gasteiger partial charge in [-0.3, -0.25) is 9.89 Å². The van der Waals surface area contributed by atoms with Crippen molar-refractivity contribution in [2.75, 3.05) is 13.1 Å². The summed E-state index contributed by atoms with van der Waals surface area (Å²) < 4.78 is 0. The second-order valence-corrected chi connectivity index (χ2v) is 4.11. The van der Waals surface area contributed by atoms with E-state index in [1.165, 1.54) is 6.33 Å². The molecule has 1 amide bonds. The summed E-state index contributed by atoms with van der Waals surface area (Å²) in [5.41, 5.74) is 0. The Bertz CT molecular complexity index is 318. The highest BCUT2D eigenvalue weighted by Gasteiger charge is 2.16. The van der Waals surface area contributed by atoms with Crippen molar-refractivity contribution < 1.29 is 4.79 Å². The third kappa shape index (κ3) is 3.30. The number of carbonyl (C=O) groups is 1. The van der Waals surface area contributed by atoms with E-state index in [9.17, 15) is 4.79 Å². The van der Waals surface area contributed by atoms with Crippen LogP contribution in [0.3, 0.4) is 0 Å². The van der Waals surface area contributed by atoms with Crippen LogP contribution in [0.15, 0.2) is 6.33 Å². The SMILES string of the molecule is O=C(CC1CCNCC1)NCc1ncn[nH]1. The fourth-order valence-corrected chi connectivity index (χ4v) is 1.92. The number of aromatic nitrogens is 3. The summed E-state index contributed by atoms with van der Waals surface area (Å²) in [6.45, 7) is 2.49. The molecule has 3 N–H and O–H groups in total. The van der Waals surface area contributed by atoms with E-state index >= 15 is 0 Å². The van der Waals surface area contributed by atoms with Gasteiger partial charge in [-0.25, -0.2) is 4.98 Å². The fourth-order valence-electron chi connectivity index (χ4n) is 1.92. The maximum Gasteiger partial charge on any atom is 0.220 e. The lowest BCUT2D eigenvalue weighted by atomic mass is 9.94. The number of amides is 1. The average molecular weight is 223 g/mol. The van der Waals surface area contributed by atoms with E-state index in [2.05, 4.69) is 25.8 Å². The molecule has 0 unspecified atom stereocenters. The number of hydrogen-bond acceptors (Lipinski definition) is 4. The van der Waals surface area contributed by atoms with E-state index in [0.717, 1.165) is 25.9 Å². The molecule has 6 nitrogen and oxygen atoms in total. The van der Waals surface area contributed by atoms with Gasteiger partial charge < -0.3 is 10.6 Å². The molecule has 1 aliphatic rings. The number of piperidine rings is 1. The largest absolute Gasteiger partial charge is 0.349 e. The van der Waals surface area contributed by atoms with Gasteiger partial charge in [-0.15, -0.1) is 0 Å². The molecule has 1 aliphatic heterocycles. The van der Waals surface area contributed by atoms with Crippen molar-refractivity contribution in [3.05, 3.63) is 12.2 Å². The van der Waals surface area contributed by atoms with Crippen LogP contribution >= 0.6 is 0 Å².